The summed E-state index contributed by atoms with van der Waals surface area (Å²) in [6.07, 6.45) is 2.63. The van der Waals surface area contributed by atoms with E-state index >= 15 is 0 Å². The highest BCUT2D eigenvalue weighted by atomic mass is 35.5. The fourth-order valence-corrected chi connectivity index (χ4v) is 3.85. The summed E-state index contributed by atoms with van der Waals surface area (Å²) in [5.41, 5.74) is 0.726. The number of rotatable bonds is 12. The molecule has 0 aliphatic heterocycles. The van der Waals surface area contributed by atoms with Crippen LogP contribution in [0, 0.1) is 0 Å². The van der Waals surface area contributed by atoms with E-state index in [2.05, 4.69) is 5.32 Å². The zero-order chi connectivity index (χ0) is 26.0. The molecule has 0 aliphatic rings. The predicted octanol–water partition coefficient (Wildman–Crippen LogP) is 6.29. The second-order valence-electron chi connectivity index (χ2n) is 8.65. The Hall–Kier alpha value is -2.58. The third kappa shape index (κ3) is 9.53. The normalized spacial score (nSPS) is 12.0. The Morgan fingerprint density at radius 3 is 2.51 bits per heavy atom. The van der Waals surface area contributed by atoms with Gasteiger partial charge in [0.1, 0.15) is 17.1 Å². The minimum atomic E-state index is -0.852. The standard InChI is InChI=1S/C26H34ClNO6S/c1-7-32-25(30)24(28-18-14-19(31-5)16-20(15-18)35-6)21-11-10-17(27)13-22(21)33-12-8-9-23(29)34-26(2,3)4/h10-11,13-16,24,28H,7-9,12H2,1-6H3. The molecule has 2 rings (SSSR count). The first kappa shape index (κ1) is 28.7. The Labute approximate surface area is 216 Å². The lowest BCUT2D eigenvalue weighted by atomic mass is 10.0. The minimum absolute atomic E-state index is 0.216. The SMILES string of the molecule is CCOC(=O)C(Nc1cc(OC)cc(SC)c1)c1ccc(Cl)cc1OCCCC(=O)OC(C)(C)C. The van der Waals surface area contributed by atoms with Crippen molar-refractivity contribution < 1.29 is 28.5 Å². The van der Waals surface area contributed by atoms with E-state index in [1.54, 1.807) is 44.0 Å². The largest absolute Gasteiger partial charge is 0.497 e. The van der Waals surface area contributed by atoms with Gasteiger partial charge in [0, 0.05) is 33.7 Å². The fraction of sp³-hybridized carbons (Fsp3) is 0.462. The molecule has 7 nitrogen and oxygen atoms in total. The maximum absolute atomic E-state index is 13.0. The Kier molecular flexibility index (Phi) is 11.0. The van der Waals surface area contributed by atoms with Crippen LogP contribution in [0.2, 0.25) is 5.02 Å². The lowest BCUT2D eigenvalue weighted by molar-refractivity contribution is -0.155. The zero-order valence-electron chi connectivity index (χ0n) is 21.1. The molecule has 0 aliphatic carbocycles. The van der Waals surface area contributed by atoms with Gasteiger partial charge < -0.3 is 24.3 Å². The predicted molar refractivity (Wildman–Crippen MR) is 140 cm³/mol. The molecule has 0 bridgehead atoms. The number of hydrogen-bond donors (Lipinski definition) is 1. The smallest absolute Gasteiger partial charge is 0.333 e. The molecule has 0 spiro atoms. The van der Waals surface area contributed by atoms with Crippen molar-refractivity contribution in [3.05, 3.63) is 47.0 Å². The highest BCUT2D eigenvalue weighted by molar-refractivity contribution is 7.98. The van der Waals surface area contributed by atoms with Crippen molar-refractivity contribution in [3.63, 3.8) is 0 Å². The second-order valence-corrected chi connectivity index (χ2v) is 9.97. The van der Waals surface area contributed by atoms with Gasteiger partial charge in [-0.2, -0.15) is 0 Å². The Morgan fingerprint density at radius 2 is 1.89 bits per heavy atom. The third-order valence-corrected chi connectivity index (χ3v) is 5.62. The van der Waals surface area contributed by atoms with Gasteiger partial charge in [0.15, 0.2) is 6.04 Å². The molecule has 0 saturated carbocycles. The van der Waals surface area contributed by atoms with Crippen LogP contribution in [-0.2, 0) is 19.1 Å². The van der Waals surface area contributed by atoms with Crippen molar-refractivity contribution in [2.75, 3.05) is 31.9 Å². The molecule has 1 unspecified atom stereocenters. The van der Waals surface area contributed by atoms with E-state index in [-0.39, 0.29) is 25.6 Å². The number of methoxy groups -OCH3 is 1. The van der Waals surface area contributed by atoms with Gasteiger partial charge in [-0.25, -0.2) is 4.79 Å². The monoisotopic (exact) mass is 523 g/mol. The first-order valence-corrected chi connectivity index (χ1v) is 13.0. The van der Waals surface area contributed by atoms with Crippen LogP contribution >= 0.6 is 23.4 Å². The molecule has 2 aromatic carbocycles. The Bertz CT molecular complexity index is 986. The van der Waals surface area contributed by atoms with Crippen LogP contribution in [0.25, 0.3) is 0 Å². The number of esters is 2. The van der Waals surface area contributed by atoms with Crippen molar-refractivity contribution in [1.82, 2.24) is 0 Å². The molecular weight excluding hydrogens is 490 g/mol. The number of carbonyl (C=O) groups excluding carboxylic acids is 2. The van der Waals surface area contributed by atoms with Crippen LogP contribution < -0.4 is 14.8 Å². The van der Waals surface area contributed by atoms with E-state index in [1.165, 1.54) is 0 Å². The van der Waals surface area contributed by atoms with Crippen molar-refractivity contribution in [3.8, 4) is 11.5 Å². The van der Waals surface area contributed by atoms with Gasteiger partial charge in [-0.15, -0.1) is 11.8 Å². The van der Waals surface area contributed by atoms with Crippen LogP contribution in [0.4, 0.5) is 5.69 Å². The number of carbonyl (C=O) groups is 2. The van der Waals surface area contributed by atoms with Gasteiger partial charge >= 0.3 is 11.9 Å². The third-order valence-electron chi connectivity index (χ3n) is 4.67. The summed E-state index contributed by atoms with van der Waals surface area (Å²) in [6.45, 7) is 7.71. The molecule has 0 radical (unpaired) electrons. The molecule has 1 atom stereocenters. The zero-order valence-corrected chi connectivity index (χ0v) is 22.7. The van der Waals surface area contributed by atoms with Crippen molar-refractivity contribution in [1.29, 1.82) is 0 Å². The molecule has 2 aromatic rings. The molecule has 1 N–H and O–H groups in total. The molecule has 0 aromatic heterocycles. The van der Waals surface area contributed by atoms with Gasteiger partial charge in [0.25, 0.3) is 0 Å². The van der Waals surface area contributed by atoms with Crippen LogP contribution in [-0.4, -0.2) is 44.1 Å². The summed E-state index contributed by atoms with van der Waals surface area (Å²) in [6, 6.07) is 9.87. The van der Waals surface area contributed by atoms with Gasteiger partial charge in [-0.05, 0) is 64.6 Å². The summed E-state index contributed by atoms with van der Waals surface area (Å²) < 4.78 is 22.0. The highest BCUT2D eigenvalue weighted by Crippen LogP contribution is 2.34. The van der Waals surface area contributed by atoms with Gasteiger partial charge in [-0.3, -0.25) is 4.79 Å². The van der Waals surface area contributed by atoms with Crippen LogP contribution in [0.3, 0.4) is 0 Å². The summed E-state index contributed by atoms with van der Waals surface area (Å²) in [4.78, 5) is 25.9. The van der Waals surface area contributed by atoms with Crippen molar-refractivity contribution >= 4 is 41.0 Å². The number of hydrogen-bond acceptors (Lipinski definition) is 8. The van der Waals surface area contributed by atoms with Gasteiger partial charge in [0.2, 0.25) is 0 Å². The number of halogens is 1. The van der Waals surface area contributed by atoms with E-state index in [4.69, 9.17) is 30.5 Å². The van der Waals surface area contributed by atoms with E-state index in [0.717, 1.165) is 4.90 Å². The molecule has 35 heavy (non-hydrogen) atoms. The van der Waals surface area contributed by atoms with Gasteiger partial charge in [0.05, 0.1) is 20.3 Å². The summed E-state index contributed by atoms with van der Waals surface area (Å²) in [7, 11) is 1.59. The Balaban J connectivity index is 2.26. The topological polar surface area (TPSA) is 83.1 Å². The highest BCUT2D eigenvalue weighted by Gasteiger charge is 2.26. The molecule has 0 heterocycles. The molecule has 192 valence electrons. The average Bonchev–Trinajstić information content (AvgIpc) is 2.79. The van der Waals surface area contributed by atoms with Crippen LogP contribution in [0.1, 0.15) is 52.1 Å². The van der Waals surface area contributed by atoms with Crippen molar-refractivity contribution in [2.45, 2.75) is 57.1 Å². The number of ether oxygens (including phenoxy) is 4. The summed E-state index contributed by atoms with van der Waals surface area (Å²) >= 11 is 7.79. The quantitative estimate of drug-likeness (QED) is 0.197. The number of anilines is 1. The summed E-state index contributed by atoms with van der Waals surface area (Å²) in [5.74, 6) is 0.347. The van der Waals surface area contributed by atoms with Crippen LogP contribution in [0.15, 0.2) is 41.3 Å². The lowest BCUT2D eigenvalue weighted by Gasteiger charge is -2.22. The maximum atomic E-state index is 13.0. The lowest BCUT2D eigenvalue weighted by Crippen LogP contribution is -2.24. The molecule has 9 heteroatoms. The first-order chi connectivity index (χ1) is 16.6. The molecule has 0 fully saturated rings. The molecular formula is C26H34ClNO6S. The second kappa shape index (κ2) is 13.5. The van der Waals surface area contributed by atoms with E-state index < -0.39 is 17.6 Å². The first-order valence-electron chi connectivity index (χ1n) is 11.4. The molecule has 0 amide bonds. The maximum Gasteiger partial charge on any atom is 0.333 e. The van der Waals surface area contributed by atoms with E-state index in [9.17, 15) is 9.59 Å². The fourth-order valence-electron chi connectivity index (χ4n) is 3.21. The Morgan fingerprint density at radius 1 is 1.14 bits per heavy atom. The number of benzene rings is 2. The number of thioether (sulfide) groups is 1. The van der Waals surface area contributed by atoms with Crippen LogP contribution in [0.5, 0.6) is 11.5 Å². The number of nitrogens with one attached hydrogen (secondary N) is 1. The minimum Gasteiger partial charge on any atom is -0.497 e. The van der Waals surface area contributed by atoms with E-state index in [1.807, 2.05) is 45.2 Å². The van der Waals surface area contributed by atoms with Crippen molar-refractivity contribution in [2.24, 2.45) is 0 Å². The summed E-state index contributed by atoms with van der Waals surface area (Å²) in [5, 5.41) is 3.72. The van der Waals surface area contributed by atoms with Gasteiger partial charge in [-0.1, -0.05) is 17.7 Å². The van der Waals surface area contributed by atoms with E-state index in [0.29, 0.717) is 34.2 Å². The average molecular weight is 524 g/mol. The molecule has 0 saturated heterocycles.